The van der Waals surface area contributed by atoms with Gasteiger partial charge >= 0.3 is 0 Å². The van der Waals surface area contributed by atoms with Crippen molar-refractivity contribution in [3.8, 4) is 5.75 Å². The molecular weight excluding hydrogens is 222 g/mol. The van der Waals surface area contributed by atoms with Crippen LogP contribution in [0.3, 0.4) is 0 Å². The molecular formula is C16H23NO. The lowest BCUT2D eigenvalue weighted by Crippen LogP contribution is -2.42. The van der Waals surface area contributed by atoms with Crippen LogP contribution in [-0.4, -0.2) is 11.7 Å². The third kappa shape index (κ3) is 1.58. The molecule has 3 rings (SSSR count). The molecule has 0 aromatic heterocycles. The van der Waals surface area contributed by atoms with Gasteiger partial charge in [-0.3, -0.25) is 0 Å². The van der Waals surface area contributed by atoms with Crippen molar-refractivity contribution in [1.29, 1.82) is 0 Å². The van der Waals surface area contributed by atoms with Crippen molar-refractivity contribution in [1.82, 2.24) is 0 Å². The van der Waals surface area contributed by atoms with Gasteiger partial charge in [0.05, 0.1) is 0 Å². The van der Waals surface area contributed by atoms with Gasteiger partial charge in [-0.2, -0.15) is 0 Å². The highest BCUT2D eigenvalue weighted by atomic mass is 16.3. The molecule has 0 unspecified atom stereocenters. The third-order valence-corrected chi connectivity index (χ3v) is 5.09. The number of rotatable bonds is 2. The molecule has 2 heteroatoms. The predicted octanol–water partition coefficient (Wildman–Crippen LogP) is 2.96. The van der Waals surface area contributed by atoms with Crippen LogP contribution in [0, 0.1) is 6.92 Å². The SMILES string of the molecule is Cc1cc(O)c(C2(CN)CCC2)c2c1CCCC2. The fraction of sp³-hybridized carbons (Fsp3) is 0.625. The molecule has 0 radical (unpaired) electrons. The number of phenols is 1. The Morgan fingerprint density at radius 1 is 1.17 bits per heavy atom. The molecule has 0 amide bonds. The second kappa shape index (κ2) is 4.27. The normalized spacial score (nSPS) is 21.2. The Kier molecular flexibility index (Phi) is 2.86. The van der Waals surface area contributed by atoms with E-state index >= 15 is 0 Å². The molecule has 2 nitrogen and oxygen atoms in total. The maximum Gasteiger partial charge on any atom is 0.119 e. The van der Waals surface area contributed by atoms with Crippen molar-refractivity contribution in [3.63, 3.8) is 0 Å². The largest absolute Gasteiger partial charge is 0.508 e. The number of benzene rings is 1. The van der Waals surface area contributed by atoms with Crippen LogP contribution >= 0.6 is 0 Å². The summed E-state index contributed by atoms with van der Waals surface area (Å²) in [6, 6.07) is 1.97. The molecule has 1 fully saturated rings. The molecule has 0 spiro atoms. The van der Waals surface area contributed by atoms with Gasteiger partial charge < -0.3 is 10.8 Å². The topological polar surface area (TPSA) is 46.2 Å². The van der Waals surface area contributed by atoms with Crippen LogP contribution in [0.1, 0.15) is 54.4 Å². The van der Waals surface area contributed by atoms with Gasteiger partial charge in [-0.25, -0.2) is 0 Å². The van der Waals surface area contributed by atoms with Crippen LogP contribution in [0.25, 0.3) is 0 Å². The zero-order chi connectivity index (χ0) is 12.8. The summed E-state index contributed by atoms with van der Waals surface area (Å²) in [5.41, 5.74) is 11.5. The van der Waals surface area contributed by atoms with E-state index in [1.54, 1.807) is 0 Å². The zero-order valence-corrected chi connectivity index (χ0v) is 11.3. The molecule has 0 aliphatic heterocycles. The van der Waals surface area contributed by atoms with Crippen LogP contribution in [0.5, 0.6) is 5.75 Å². The van der Waals surface area contributed by atoms with Gasteiger partial charge in [0.15, 0.2) is 0 Å². The maximum atomic E-state index is 10.4. The predicted molar refractivity (Wildman–Crippen MR) is 74.1 cm³/mol. The second-order valence-corrected chi connectivity index (χ2v) is 6.09. The Balaban J connectivity index is 2.19. The molecule has 0 bridgehead atoms. The summed E-state index contributed by atoms with van der Waals surface area (Å²) >= 11 is 0. The third-order valence-electron chi connectivity index (χ3n) is 5.09. The fourth-order valence-electron chi connectivity index (χ4n) is 3.89. The van der Waals surface area contributed by atoms with E-state index in [1.807, 2.05) is 6.07 Å². The van der Waals surface area contributed by atoms with E-state index in [-0.39, 0.29) is 5.41 Å². The minimum absolute atomic E-state index is 0.0825. The number of aromatic hydroxyl groups is 1. The monoisotopic (exact) mass is 245 g/mol. The number of fused-ring (bicyclic) bond motifs is 1. The van der Waals surface area contributed by atoms with Crippen molar-refractivity contribution >= 4 is 0 Å². The lowest BCUT2D eigenvalue weighted by molar-refractivity contribution is 0.242. The van der Waals surface area contributed by atoms with E-state index in [2.05, 4.69) is 6.92 Å². The highest BCUT2D eigenvalue weighted by Crippen LogP contribution is 2.49. The molecule has 98 valence electrons. The highest BCUT2D eigenvalue weighted by Gasteiger charge is 2.41. The zero-order valence-electron chi connectivity index (χ0n) is 11.3. The van der Waals surface area contributed by atoms with Gasteiger partial charge in [-0.15, -0.1) is 0 Å². The van der Waals surface area contributed by atoms with Gasteiger partial charge in [0, 0.05) is 17.5 Å². The Labute approximate surface area is 109 Å². The van der Waals surface area contributed by atoms with E-state index in [1.165, 1.54) is 47.9 Å². The standard InChI is InChI=1S/C16H23NO/c1-11-9-14(18)15(16(10-17)7-4-8-16)13-6-3-2-5-12(11)13/h9,18H,2-8,10,17H2,1H3. The Hall–Kier alpha value is -1.02. The minimum Gasteiger partial charge on any atom is -0.508 e. The summed E-state index contributed by atoms with van der Waals surface area (Å²) < 4.78 is 0. The van der Waals surface area contributed by atoms with E-state index in [0.717, 1.165) is 19.3 Å². The molecule has 2 aliphatic rings. The lowest BCUT2D eigenvalue weighted by Gasteiger charge is -2.44. The maximum absolute atomic E-state index is 10.4. The summed E-state index contributed by atoms with van der Waals surface area (Å²) in [5, 5.41) is 10.4. The Bertz CT molecular complexity index is 469. The van der Waals surface area contributed by atoms with Gasteiger partial charge in [0.1, 0.15) is 5.75 Å². The second-order valence-electron chi connectivity index (χ2n) is 6.09. The average molecular weight is 245 g/mol. The highest BCUT2D eigenvalue weighted by molar-refractivity contribution is 5.54. The van der Waals surface area contributed by atoms with Crippen LogP contribution in [0.2, 0.25) is 0 Å². The molecule has 1 aromatic rings. The number of hydrogen-bond acceptors (Lipinski definition) is 2. The summed E-state index contributed by atoms with van der Waals surface area (Å²) in [6.07, 6.45) is 8.38. The smallest absolute Gasteiger partial charge is 0.119 e. The fourth-order valence-corrected chi connectivity index (χ4v) is 3.89. The average Bonchev–Trinajstić information content (AvgIpc) is 2.32. The van der Waals surface area contributed by atoms with Crippen molar-refractivity contribution in [3.05, 3.63) is 28.3 Å². The molecule has 2 aliphatic carbocycles. The van der Waals surface area contributed by atoms with Gasteiger partial charge in [-0.1, -0.05) is 6.42 Å². The van der Waals surface area contributed by atoms with Crippen molar-refractivity contribution in [2.45, 2.75) is 57.3 Å². The first-order chi connectivity index (χ1) is 8.68. The summed E-state index contributed by atoms with van der Waals surface area (Å²) in [7, 11) is 0. The molecule has 1 aromatic carbocycles. The molecule has 3 N–H and O–H groups in total. The van der Waals surface area contributed by atoms with Crippen molar-refractivity contribution in [2.24, 2.45) is 5.73 Å². The lowest BCUT2D eigenvalue weighted by atomic mass is 9.61. The number of hydrogen-bond donors (Lipinski definition) is 2. The van der Waals surface area contributed by atoms with E-state index in [4.69, 9.17) is 5.73 Å². The van der Waals surface area contributed by atoms with E-state index < -0.39 is 0 Å². The van der Waals surface area contributed by atoms with Gasteiger partial charge in [0.25, 0.3) is 0 Å². The summed E-state index contributed by atoms with van der Waals surface area (Å²) in [4.78, 5) is 0. The first kappa shape index (κ1) is 12.0. The van der Waals surface area contributed by atoms with E-state index in [0.29, 0.717) is 12.3 Å². The Morgan fingerprint density at radius 2 is 1.83 bits per heavy atom. The quantitative estimate of drug-likeness (QED) is 0.841. The van der Waals surface area contributed by atoms with Gasteiger partial charge in [0.2, 0.25) is 0 Å². The van der Waals surface area contributed by atoms with Crippen LogP contribution in [-0.2, 0) is 18.3 Å². The first-order valence-electron chi connectivity index (χ1n) is 7.23. The first-order valence-corrected chi connectivity index (χ1v) is 7.23. The molecule has 18 heavy (non-hydrogen) atoms. The van der Waals surface area contributed by atoms with Crippen LogP contribution in [0.4, 0.5) is 0 Å². The van der Waals surface area contributed by atoms with Crippen molar-refractivity contribution < 1.29 is 5.11 Å². The van der Waals surface area contributed by atoms with Crippen LogP contribution in [0.15, 0.2) is 6.07 Å². The Morgan fingerprint density at radius 3 is 2.39 bits per heavy atom. The minimum atomic E-state index is 0.0825. The molecule has 1 saturated carbocycles. The van der Waals surface area contributed by atoms with Crippen molar-refractivity contribution in [2.75, 3.05) is 6.54 Å². The number of nitrogens with two attached hydrogens (primary N) is 1. The number of aryl methyl sites for hydroxylation is 1. The summed E-state index contributed by atoms with van der Waals surface area (Å²) in [5.74, 6) is 0.498. The molecule has 0 saturated heterocycles. The number of phenolic OH excluding ortho intramolecular Hbond substituents is 1. The van der Waals surface area contributed by atoms with Gasteiger partial charge in [-0.05, 0) is 68.2 Å². The van der Waals surface area contributed by atoms with E-state index in [9.17, 15) is 5.11 Å². The summed E-state index contributed by atoms with van der Waals surface area (Å²) in [6.45, 7) is 2.81. The molecule has 0 heterocycles. The molecule has 0 atom stereocenters. The van der Waals surface area contributed by atoms with Crippen LogP contribution < -0.4 is 5.73 Å².